The molecule has 3 aromatic carbocycles. The van der Waals surface area contributed by atoms with Crippen LogP contribution in [0.25, 0.3) is 0 Å². The van der Waals surface area contributed by atoms with E-state index in [2.05, 4.69) is 69.3 Å². The third kappa shape index (κ3) is 6.33. The molecule has 0 saturated carbocycles. The molecule has 0 aromatic heterocycles. The van der Waals surface area contributed by atoms with Gasteiger partial charge in [-0.15, -0.1) is 0 Å². The van der Waals surface area contributed by atoms with Gasteiger partial charge < -0.3 is 19.0 Å². The molecule has 5 heteroatoms. The Balaban J connectivity index is 1.65. The summed E-state index contributed by atoms with van der Waals surface area (Å²) in [5.74, 6) is 0.828. The number of rotatable bonds is 11. The molecule has 0 fully saturated rings. The minimum Gasteiger partial charge on any atom is -0.497 e. The van der Waals surface area contributed by atoms with Crippen molar-refractivity contribution in [1.82, 2.24) is 0 Å². The van der Waals surface area contributed by atoms with E-state index in [1.807, 2.05) is 36.4 Å². The summed E-state index contributed by atoms with van der Waals surface area (Å²) in [5.41, 5.74) is 1.08. The summed E-state index contributed by atoms with van der Waals surface area (Å²) in [5, 5.41) is 13.1. The summed E-state index contributed by atoms with van der Waals surface area (Å²) in [4.78, 5) is 0. The molecule has 33 heavy (non-hydrogen) atoms. The van der Waals surface area contributed by atoms with Crippen LogP contribution in [-0.4, -0.2) is 39.9 Å². The number of aliphatic hydroxyl groups excluding tert-OH is 1. The molecule has 3 aromatic rings. The van der Waals surface area contributed by atoms with Crippen molar-refractivity contribution in [2.75, 3.05) is 20.3 Å². The van der Waals surface area contributed by atoms with Gasteiger partial charge in [0.15, 0.2) is 0 Å². The molecular formula is C28H36O4Si. The van der Waals surface area contributed by atoms with Gasteiger partial charge in [-0.05, 0) is 39.5 Å². The van der Waals surface area contributed by atoms with Crippen molar-refractivity contribution in [3.8, 4) is 5.75 Å². The van der Waals surface area contributed by atoms with E-state index in [1.54, 1.807) is 7.11 Å². The highest BCUT2D eigenvalue weighted by Crippen LogP contribution is 2.36. The molecule has 3 rings (SSSR count). The second-order valence-electron chi connectivity index (χ2n) is 9.32. The maximum absolute atomic E-state index is 10.7. The smallest absolute Gasteiger partial charge is 0.261 e. The summed E-state index contributed by atoms with van der Waals surface area (Å²) >= 11 is 0. The maximum Gasteiger partial charge on any atom is 0.261 e. The Bertz CT molecular complexity index is 913. The Morgan fingerprint density at radius 3 is 1.85 bits per heavy atom. The summed E-state index contributed by atoms with van der Waals surface area (Å²) in [6.45, 7) is 7.97. The van der Waals surface area contributed by atoms with Crippen LogP contribution in [0.1, 0.15) is 32.8 Å². The number of benzene rings is 3. The van der Waals surface area contributed by atoms with Gasteiger partial charge in [0, 0.05) is 6.61 Å². The van der Waals surface area contributed by atoms with Gasteiger partial charge in [0.2, 0.25) is 0 Å². The first-order valence-electron chi connectivity index (χ1n) is 11.5. The highest BCUT2D eigenvalue weighted by Gasteiger charge is 2.50. The fraction of sp³-hybridized carbons (Fsp3) is 0.357. The molecule has 0 heterocycles. The van der Waals surface area contributed by atoms with Crippen LogP contribution < -0.4 is 15.1 Å². The fourth-order valence-electron chi connectivity index (χ4n) is 4.20. The predicted molar refractivity (Wildman–Crippen MR) is 137 cm³/mol. The summed E-state index contributed by atoms with van der Waals surface area (Å²) in [6, 6.07) is 28.8. The van der Waals surface area contributed by atoms with E-state index in [0.717, 1.165) is 11.3 Å². The molecule has 0 amide bonds. The van der Waals surface area contributed by atoms with Crippen LogP contribution in [-0.2, 0) is 15.8 Å². The molecule has 0 aliphatic heterocycles. The topological polar surface area (TPSA) is 47.9 Å². The molecule has 0 aliphatic carbocycles. The lowest BCUT2D eigenvalue weighted by atomic mass is 10.2. The molecule has 1 N–H and O–H groups in total. The van der Waals surface area contributed by atoms with Crippen molar-refractivity contribution < 1.29 is 19.0 Å². The minimum atomic E-state index is -2.63. The number of ether oxygens (including phenoxy) is 2. The average Bonchev–Trinajstić information content (AvgIpc) is 2.83. The standard InChI is InChI=1S/C28H36O4Si/c1-28(2,3)33(26-11-7-5-8-12-26,27-13-9-6-10-14-27)32-22-24(29)19-20-31-21-23-15-17-25(30-4)18-16-23/h5-18,24,29H,19-22H2,1-4H3. The van der Waals surface area contributed by atoms with Gasteiger partial charge in [-0.2, -0.15) is 0 Å². The largest absolute Gasteiger partial charge is 0.497 e. The minimum absolute atomic E-state index is 0.111. The van der Waals surface area contributed by atoms with Gasteiger partial charge in [-0.1, -0.05) is 93.6 Å². The molecule has 4 nitrogen and oxygen atoms in total. The summed E-state index contributed by atoms with van der Waals surface area (Å²) in [6.07, 6.45) is -0.0727. The number of aliphatic hydroxyl groups is 1. The van der Waals surface area contributed by atoms with Crippen molar-refractivity contribution in [1.29, 1.82) is 0 Å². The first kappa shape index (κ1) is 25.2. The van der Waals surface area contributed by atoms with Crippen LogP contribution in [0, 0.1) is 0 Å². The van der Waals surface area contributed by atoms with Crippen molar-refractivity contribution in [3.63, 3.8) is 0 Å². The molecule has 1 unspecified atom stereocenters. The van der Waals surface area contributed by atoms with E-state index in [9.17, 15) is 5.11 Å². The van der Waals surface area contributed by atoms with Crippen LogP contribution in [0.15, 0.2) is 84.9 Å². The van der Waals surface area contributed by atoms with Crippen LogP contribution >= 0.6 is 0 Å². The van der Waals surface area contributed by atoms with E-state index < -0.39 is 14.4 Å². The average molecular weight is 465 g/mol. The lowest BCUT2D eigenvalue weighted by molar-refractivity contribution is 0.0474. The Morgan fingerprint density at radius 1 is 0.818 bits per heavy atom. The van der Waals surface area contributed by atoms with Crippen LogP contribution in [0.4, 0.5) is 0 Å². The zero-order chi connectivity index (χ0) is 23.7. The highest BCUT2D eigenvalue weighted by atomic mass is 28.4. The van der Waals surface area contributed by atoms with E-state index in [4.69, 9.17) is 13.9 Å². The third-order valence-corrected chi connectivity index (χ3v) is 10.9. The number of hydrogen-bond acceptors (Lipinski definition) is 4. The molecule has 176 valence electrons. The van der Waals surface area contributed by atoms with E-state index in [-0.39, 0.29) is 11.6 Å². The molecule has 0 saturated heterocycles. The van der Waals surface area contributed by atoms with Crippen molar-refractivity contribution >= 4 is 18.7 Å². The van der Waals surface area contributed by atoms with E-state index in [1.165, 1.54) is 10.4 Å². The molecule has 0 radical (unpaired) electrons. The van der Waals surface area contributed by atoms with E-state index >= 15 is 0 Å². The lowest BCUT2D eigenvalue weighted by Gasteiger charge is -2.43. The second kappa shape index (κ2) is 11.6. The second-order valence-corrected chi connectivity index (χ2v) is 13.6. The highest BCUT2D eigenvalue weighted by molar-refractivity contribution is 6.99. The van der Waals surface area contributed by atoms with Crippen molar-refractivity contribution in [2.24, 2.45) is 0 Å². The van der Waals surface area contributed by atoms with Crippen LogP contribution in [0.2, 0.25) is 5.04 Å². The quantitative estimate of drug-likeness (QED) is 0.334. The normalized spacial score (nSPS) is 13.0. The first-order valence-corrected chi connectivity index (χ1v) is 13.4. The summed E-state index contributed by atoms with van der Waals surface area (Å²) in [7, 11) is -0.979. The number of hydrogen-bond donors (Lipinski definition) is 1. The van der Waals surface area contributed by atoms with Gasteiger partial charge in [0.05, 0.1) is 26.4 Å². The van der Waals surface area contributed by atoms with Crippen molar-refractivity contribution in [3.05, 3.63) is 90.5 Å². The molecule has 0 spiro atoms. The zero-order valence-electron chi connectivity index (χ0n) is 20.2. The Kier molecular flexibility index (Phi) is 8.86. The Morgan fingerprint density at radius 2 is 1.36 bits per heavy atom. The summed E-state index contributed by atoms with van der Waals surface area (Å²) < 4.78 is 17.8. The monoisotopic (exact) mass is 464 g/mol. The fourth-order valence-corrected chi connectivity index (χ4v) is 8.80. The van der Waals surface area contributed by atoms with Gasteiger partial charge in [-0.25, -0.2) is 0 Å². The van der Waals surface area contributed by atoms with Crippen LogP contribution in [0.3, 0.4) is 0 Å². The molecule has 0 bridgehead atoms. The van der Waals surface area contributed by atoms with Crippen molar-refractivity contribution in [2.45, 2.75) is 44.9 Å². The van der Waals surface area contributed by atoms with E-state index in [0.29, 0.717) is 19.6 Å². The lowest BCUT2D eigenvalue weighted by Crippen LogP contribution is -2.67. The molecule has 0 aliphatic rings. The third-order valence-electron chi connectivity index (χ3n) is 5.93. The van der Waals surface area contributed by atoms with Crippen LogP contribution in [0.5, 0.6) is 5.75 Å². The first-order chi connectivity index (χ1) is 15.9. The zero-order valence-corrected chi connectivity index (χ0v) is 21.2. The Hall–Kier alpha value is -2.44. The van der Waals surface area contributed by atoms with Gasteiger partial charge in [-0.3, -0.25) is 0 Å². The molecular weight excluding hydrogens is 428 g/mol. The molecule has 1 atom stereocenters. The SMILES string of the molecule is COc1ccc(COCCC(O)CO[Si](c2ccccc2)(c2ccccc2)C(C)(C)C)cc1. The van der Waals surface area contributed by atoms with Gasteiger partial charge in [0.1, 0.15) is 5.75 Å². The van der Waals surface area contributed by atoms with Gasteiger partial charge >= 0.3 is 0 Å². The Labute approximate surface area is 199 Å². The van der Waals surface area contributed by atoms with Gasteiger partial charge in [0.25, 0.3) is 8.32 Å². The predicted octanol–water partition coefficient (Wildman–Crippen LogP) is 4.54. The maximum atomic E-state index is 10.7. The number of methoxy groups -OCH3 is 1.